The molecule has 7 heteroatoms. The first-order valence-electron chi connectivity index (χ1n) is 8.00. The van der Waals surface area contributed by atoms with Crippen molar-refractivity contribution in [3.05, 3.63) is 69.9 Å². The fraction of sp³-hybridized carbons (Fsp3) is 0.158. The highest BCUT2D eigenvalue weighted by Crippen LogP contribution is 2.30. The number of carbonyl (C=O) groups excluding carboxylic acids is 1. The summed E-state index contributed by atoms with van der Waals surface area (Å²) in [5.74, 6) is -0.0973. The number of hydrogen-bond acceptors (Lipinski definition) is 3. The summed E-state index contributed by atoms with van der Waals surface area (Å²) in [5, 5.41) is 19.6. The maximum Gasteiger partial charge on any atom is 0.255 e. The van der Waals surface area contributed by atoms with Gasteiger partial charge in [-0.25, -0.2) is 0 Å². The van der Waals surface area contributed by atoms with E-state index in [9.17, 15) is 9.90 Å². The second-order valence-electron chi connectivity index (χ2n) is 6.03. The molecule has 1 amide bonds. The van der Waals surface area contributed by atoms with E-state index in [-0.39, 0.29) is 11.7 Å². The number of amides is 1. The van der Waals surface area contributed by atoms with Crippen LogP contribution in [0.25, 0.3) is 0 Å². The molecule has 26 heavy (non-hydrogen) atoms. The molecular formula is C19H18ClN3O2S. The molecule has 1 heterocycles. The monoisotopic (exact) mass is 387 g/mol. The SMILES string of the molecule is CC1=C(C(=O)Nc2cccc(Cl)c2C)[C@@H](c2ccc(O)cc2)NC(=S)N1. The molecule has 1 aliphatic heterocycles. The van der Waals surface area contributed by atoms with E-state index in [4.69, 9.17) is 23.8 Å². The van der Waals surface area contributed by atoms with E-state index in [0.29, 0.717) is 27.1 Å². The standard InChI is InChI=1S/C19H18ClN3O2S/c1-10-14(20)4-3-5-15(10)22-18(25)16-11(2)21-19(26)23-17(16)12-6-8-13(24)9-7-12/h3-9,17,24H,1-2H3,(H,22,25)(H2,21,23,26)/t17-/m1/s1. The lowest BCUT2D eigenvalue weighted by Gasteiger charge is -2.30. The molecule has 0 aliphatic carbocycles. The van der Waals surface area contributed by atoms with Crippen molar-refractivity contribution in [2.45, 2.75) is 19.9 Å². The smallest absolute Gasteiger partial charge is 0.255 e. The van der Waals surface area contributed by atoms with Crippen molar-refractivity contribution >= 4 is 40.5 Å². The number of hydrogen-bond donors (Lipinski definition) is 4. The van der Waals surface area contributed by atoms with Gasteiger partial charge in [-0.05, 0) is 61.5 Å². The Kier molecular flexibility index (Phi) is 5.15. The molecule has 134 valence electrons. The van der Waals surface area contributed by atoms with Gasteiger partial charge in [0.25, 0.3) is 5.91 Å². The summed E-state index contributed by atoms with van der Waals surface area (Å²) in [7, 11) is 0. The Labute approximate surface area is 162 Å². The number of aromatic hydroxyl groups is 1. The summed E-state index contributed by atoms with van der Waals surface area (Å²) < 4.78 is 0. The maximum absolute atomic E-state index is 13.0. The van der Waals surface area contributed by atoms with Gasteiger partial charge in [0.15, 0.2) is 5.11 Å². The summed E-state index contributed by atoms with van der Waals surface area (Å²) in [6, 6.07) is 11.6. The molecule has 5 nitrogen and oxygen atoms in total. The van der Waals surface area contributed by atoms with E-state index in [1.165, 1.54) is 0 Å². The summed E-state index contributed by atoms with van der Waals surface area (Å²) in [6.45, 7) is 3.66. The summed E-state index contributed by atoms with van der Waals surface area (Å²) in [4.78, 5) is 13.0. The van der Waals surface area contributed by atoms with E-state index in [0.717, 1.165) is 11.1 Å². The lowest BCUT2D eigenvalue weighted by Crippen LogP contribution is -2.45. The van der Waals surface area contributed by atoms with Crippen LogP contribution in [0.1, 0.15) is 24.1 Å². The van der Waals surface area contributed by atoms with Gasteiger partial charge in [-0.15, -0.1) is 0 Å². The maximum atomic E-state index is 13.0. The number of anilines is 1. The molecule has 4 N–H and O–H groups in total. The van der Waals surface area contributed by atoms with Gasteiger partial charge in [-0.3, -0.25) is 4.79 Å². The Balaban J connectivity index is 1.96. The minimum absolute atomic E-state index is 0.159. The van der Waals surface area contributed by atoms with E-state index in [1.807, 2.05) is 6.92 Å². The van der Waals surface area contributed by atoms with Crippen LogP contribution < -0.4 is 16.0 Å². The molecule has 2 aromatic rings. The van der Waals surface area contributed by atoms with Crippen molar-refractivity contribution in [2.24, 2.45) is 0 Å². The molecule has 1 atom stereocenters. The predicted molar refractivity (Wildman–Crippen MR) is 107 cm³/mol. The third-order valence-electron chi connectivity index (χ3n) is 4.26. The van der Waals surface area contributed by atoms with Crippen LogP contribution >= 0.6 is 23.8 Å². The molecule has 0 aromatic heterocycles. The van der Waals surface area contributed by atoms with Crippen LogP contribution in [0.15, 0.2) is 53.7 Å². The van der Waals surface area contributed by atoms with Crippen LogP contribution in [0, 0.1) is 6.92 Å². The first-order valence-corrected chi connectivity index (χ1v) is 8.79. The zero-order valence-corrected chi connectivity index (χ0v) is 15.8. The van der Waals surface area contributed by atoms with Gasteiger partial charge >= 0.3 is 0 Å². The number of halogens is 1. The number of phenols is 1. The van der Waals surface area contributed by atoms with Gasteiger partial charge in [0.05, 0.1) is 11.6 Å². The topological polar surface area (TPSA) is 73.4 Å². The highest BCUT2D eigenvalue weighted by molar-refractivity contribution is 7.80. The van der Waals surface area contributed by atoms with Crippen molar-refractivity contribution in [1.29, 1.82) is 0 Å². The Bertz CT molecular complexity index is 910. The van der Waals surface area contributed by atoms with Crippen molar-refractivity contribution in [1.82, 2.24) is 10.6 Å². The molecular weight excluding hydrogens is 370 g/mol. The molecule has 0 saturated heterocycles. The Morgan fingerprint density at radius 3 is 2.58 bits per heavy atom. The van der Waals surface area contributed by atoms with E-state index < -0.39 is 6.04 Å². The second-order valence-corrected chi connectivity index (χ2v) is 6.84. The zero-order chi connectivity index (χ0) is 18.8. The van der Waals surface area contributed by atoms with Gasteiger partial charge in [-0.1, -0.05) is 29.8 Å². The Morgan fingerprint density at radius 1 is 1.19 bits per heavy atom. The molecule has 0 radical (unpaired) electrons. The van der Waals surface area contributed by atoms with Crippen molar-refractivity contribution in [2.75, 3.05) is 5.32 Å². The summed E-state index contributed by atoms with van der Waals surface area (Å²) in [6.07, 6.45) is 0. The fourth-order valence-electron chi connectivity index (χ4n) is 2.84. The average molecular weight is 388 g/mol. The molecule has 1 aliphatic rings. The number of phenolic OH excluding ortho intramolecular Hbond substituents is 1. The largest absolute Gasteiger partial charge is 0.508 e. The number of nitrogens with one attached hydrogen (secondary N) is 3. The van der Waals surface area contributed by atoms with Gasteiger partial charge in [-0.2, -0.15) is 0 Å². The normalized spacial score (nSPS) is 16.7. The minimum atomic E-state index is -0.427. The predicted octanol–water partition coefficient (Wildman–Crippen LogP) is 3.79. The summed E-state index contributed by atoms with van der Waals surface area (Å²) in [5.41, 5.74) is 3.46. The van der Waals surface area contributed by atoms with Gasteiger partial charge in [0.2, 0.25) is 0 Å². The van der Waals surface area contributed by atoms with Crippen molar-refractivity contribution in [3.8, 4) is 5.75 Å². The van der Waals surface area contributed by atoms with Crippen molar-refractivity contribution < 1.29 is 9.90 Å². The quantitative estimate of drug-likeness (QED) is 0.603. The summed E-state index contributed by atoms with van der Waals surface area (Å²) >= 11 is 11.4. The highest BCUT2D eigenvalue weighted by Gasteiger charge is 2.30. The number of benzene rings is 2. The average Bonchev–Trinajstić information content (AvgIpc) is 2.59. The van der Waals surface area contributed by atoms with E-state index in [2.05, 4.69) is 16.0 Å². The molecule has 0 spiro atoms. The van der Waals surface area contributed by atoms with Gasteiger partial charge < -0.3 is 21.1 Å². The van der Waals surface area contributed by atoms with Crippen LogP contribution in [-0.2, 0) is 4.79 Å². The Morgan fingerprint density at radius 2 is 1.88 bits per heavy atom. The zero-order valence-electron chi connectivity index (χ0n) is 14.3. The third-order valence-corrected chi connectivity index (χ3v) is 4.89. The van der Waals surface area contributed by atoms with Gasteiger partial charge in [0.1, 0.15) is 5.75 Å². The molecule has 2 aromatic carbocycles. The molecule has 0 saturated carbocycles. The molecule has 0 bridgehead atoms. The molecule has 0 unspecified atom stereocenters. The van der Waals surface area contributed by atoms with E-state index >= 15 is 0 Å². The van der Waals surface area contributed by atoms with Crippen LogP contribution in [0.5, 0.6) is 5.75 Å². The molecule has 3 rings (SSSR count). The second kappa shape index (κ2) is 7.35. The lowest BCUT2D eigenvalue weighted by atomic mass is 9.94. The minimum Gasteiger partial charge on any atom is -0.508 e. The first kappa shape index (κ1) is 18.2. The number of rotatable bonds is 3. The number of thiocarbonyl (C=S) groups is 1. The Hall–Kier alpha value is -2.57. The first-order chi connectivity index (χ1) is 12.4. The third kappa shape index (κ3) is 3.66. The van der Waals surface area contributed by atoms with E-state index in [1.54, 1.807) is 49.4 Å². The number of carbonyl (C=O) groups is 1. The van der Waals surface area contributed by atoms with Crippen LogP contribution in [0.4, 0.5) is 5.69 Å². The van der Waals surface area contributed by atoms with Crippen LogP contribution in [-0.4, -0.2) is 16.1 Å². The fourth-order valence-corrected chi connectivity index (χ4v) is 3.29. The van der Waals surface area contributed by atoms with Crippen LogP contribution in [0.3, 0.4) is 0 Å². The van der Waals surface area contributed by atoms with Gasteiger partial charge in [0, 0.05) is 16.4 Å². The number of allylic oxidation sites excluding steroid dienone is 1. The molecule has 0 fully saturated rings. The lowest BCUT2D eigenvalue weighted by molar-refractivity contribution is -0.113. The van der Waals surface area contributed by atoms with Crippen molar-refractivity contribution in [3.63, 3.8) is 0 Å². The highest BCUT2D eigenvalue weighted by atomic mass is 35.5. The van der Waals surface area contributed by atoms with Crippen LogP contribution in [0.2, 0.25) is 5.02 Å².